The summed E-state index contributed by atoms with van der Waals surface area (Å²) in [6.07, 6.45) is 0. The highest BCUT2D eigenvalue weighted by atomic mass is 19.1. The molecule has 1 aromatic carbocycles. The zero-order valence-electron chi connectivity index (χ0n) is 11.0. The van der Waals surface area contributed by atoms with Gasteiger partial charge in [-0.3, -0.25) is 4.90 Å². The van der Waals surface area contributed by atoms with Gasteiger partial charge in [0.25, 0.3) is 0 Å². The highest BCUT2D eigenvalue weighted by Gasteiger charge is 2.09. The van der Waals surface area contributed by atoms with Gasteiger partial charge in [0, 0.05) is 12.1 Å². The third-order valence-corrected chi connectivity index (χ3v) is 2.84. The van der Waals surface area contributed by atoms with Crippen LogP contribution in [-0.4, -0.2) is 11.9 Å². The van der Waals surface area contributed by atoms with Crippen LogP contribution in [0.4, 0.5) is 4.39 Å². The summed E-state index contributed by atoms with van der Waals surface area (Å²) in [4.78, 5) is 1.96. The van der Waals surface area contributed by atoms with Crippen LogP contribution < -0.4 is 0 Å². The number of hydrogen-bond donors (Lipinski definition) is 0. The van der Waals surface area contributed by atoms with Crippen molar-refractivity contribution in [3.63, 3.8) is 0 Å². The number of aryl methyl sites for hydroxylation is 1. The van der Waals surface area contributed by atoms with Gasteiger partial charge in [0.1, 0.15) is 17.3 Å². The van der Waals surface area contributed by atoms with Gasteiger partial charge in [-0.1, -0.05) is 6.07 Å². The molecule has 0 saturated carbocycles. The molecule has 0 aliphatic heterocycles. The van der Waals surface area contributed by atoms with Crippen molar-refractivity contribution in [1.29, 1.82) is 5.26 Å². The molecule has 0 N–H and O–H groups in total. The molecule has 19 heavy (non-hydrogen) atoms. The van der Waals surface area contributed by atoms with Crippen molar-refractivity contribution in [2.45, 2.75) is 20.0 Å². The lowest BCUT2D eigenvalue weighted by Gasteiger charge is -2.15. The molecule has 0 aliphatic carbocycles. The Morgan fingerprint density at radius 1 is 1.26 bits per heavy atom. The molecule has 0 spiro atoms. The summed E-state index contributed by atoms with van der Waals surface area (Å²) < 4.78 is 19.2. The molecule has 1 aromatic heterocycles. The fourth-order valence-corrected chi connectivity index (χ4v) is 1.93. The Balaban J connectivity index is 2.03. The van der Waals surface area contributed by atoms with E-state index in [0.29, 0.717) is 24.2 Å². The van der Waals surface area contributed by atoms with E-state index in [0.717, 1.165) is 11.5 Å². The van der Waals surface area contributed by atoms with Gasteiger partial charge in [-0.15, -0.1) is 0 Å². The highest BCUT2D eigenvalue weighted by Crippen LogP contribution is 2.14. The predicted octanol–water partition coefficient (Wildman–Crippen LogP) is 3.23. The van der Waals surface area contributed by atoms with Crippen LogP contribution in [-0.2, 0) is 13.1 Å². The SMILES string of the molecule is Cc1ccc(CN(C)Cc2ccc(C#N)cc2F)o1. The maximum absolute atomic E-state index is 13.7. The van der Waals surface area contributed by atoms with E-state index in [1.165, 1.54) is 6.07 Å². The minimum absolute atomic E-state index is 0.338. The number of benzene rings is 1. The van der Waals surface area contributed by atoms with E-state index in [4.69, 9.17) is 9.68 Å². The van der Waals surface area contributed by atoms with Crippen LogP contribution in [0.3, 0.4) is 0 Å². The minimum atomic E-state index is -0.346. The van der Waals surface area contributed by atoms with Gasteiger partial charge < -0.3 is 4.42 Å². The Hall–Kier alpha value is -2.12. The molecule has 2 aromatic rings. The van der Waals surface area contributed by atoms with Crippen molar-refractivity contribution >= 4 is 0 Å². The Morgan fingerprint density at radius 2 is 2.05 bits per heavy atom. The largest absolute Gasteiger partial charge is 0.465 e. The van der Waals surface area contributed by atoms with Crippen LogP contribution in [0.1, 0.15) is 22.6 Å². The summed E-state index contributed by atoms with van der Waals surface area (Å²) in [6.45, 7) is 2.98. The highest BCUT2D eigenvalue weighted by molar-refractivity contribution is 5.32. The van der Waals surface area contributed by atoms with Gasteiger partial charge >= 0.3 is 0 Å². The van der Waals surface area contributed by atoms with E-state index in [1.54, 1.807) is 12.1 Å². The van der Waals surface area contributed by atoms with Gasteiger partial charge in [-0.2, -0.15) is 5.26 Å². The average Bonchev–Trinajstić information content (AvgIpc) is 2.77. The van der Waals surface area contributed by atoms with Gasteiger partial charge in [0.15, 0.2) is 0 Å². The summed E-state index contributed by atoms with van der Waals surface area (Å²) >= 11 is 0. The number of furan rings is 1. The molecule has 0 saturated heterocycles. The van der Waals surface area contributed by atoms with Crippen LogP contribution in [0.15, 0.2) is 34.7 Å². The molecule has 0 aliphatic rings. The summed E-state index contributed by atoms with van der Waals surface area (Å²) in [5.41, 5.74) is 0.912. The van der Waals surface area contributed by atoms with Gasteiger partial charge in [0.05, 0.1) is 18.2 Å². The number of rotatable bonds is 4. The quantitative estimate of drug-likeness (QED) is 0.845. The lowest BCUT2D eigenvalue weighted by molar-refractivity contribution is 0.281. The molecular formula is C15H15FN2O. The van der Waals surface area contributed by atoms with Crippen LogP contribution in [0.25, 0.3) is 0 Å². The number of nitrogens with zero attached hydrogens (tertiary/aromatic N) is 2. The van der Waals surface area contributed by atoms with Crippen molar-refractivity contribution in [2.24, 2.45) is 0 Å². The van der Waals surface area contributed by atoms with E-state index < -0.39 is 0 Å². The van der Waals surface area contributed by atoms with Crippen LogP contribution >= 0.6 is 0 Å². The standard InChI is InChI=1S/C15H15FN2O/c1-11-3-6-14(19-11)10-18(2)9-13-5-4-12(8-17)7-15(13)16/h3-7H,9-10H2,1-2H3. The predicted molar refractivity (Wildman–Crippen MR) is 69.7 cm³/mol. The minimum Gasteiger partial charge on any atom is -0.465 e. The van der Waals surface area contributed by atoms with E-state index in [2.05, 4.69) is 0 Å². The topological polar surface area (TPSA) is 40.2 Å². The zero-order chi connectivity index (χ0) is 13.8. The number of hydrogen-bond acceptors (Lipinski definition) is 3. The summed E-state index contributed by atoms with van der Waals surface area (Å²) in [6, 6.07) is 10.3. The second-order valence-corrected chi connectivity index (χ2v) is 4.60. The Labute approximate surface area is 111 Å². The van der Waals surface area contributed by atoms with Gasteiger partial charge in [-0.25, -0.2) is 4.39 Å². The fraction of sp³-hybridized carbons (Fsp3) is 0.267. The Bertz CT molecular complexity index is 613. The first kappa shape index (κ1) is 13.3. The van der Waals surface area contributed by atoms with Crippen LogP contribution in [0, 0.1) is 24.1 Å². The first-order chi connectivity index (χ1) is 9.08. The molecule has 0 fully saturated rings. The molecule has 98 valence electrons. The molecule has 0 atom stereocenters. The smallest absolute Gasteiger partial charge is 0.129 e. The number of nitriles is 1. The monoisotopic (exact) mass is 258 g/mol. The zero-order valence-corrected chi connectivity index (χ0v) is 11.0. The lowest BCUT2D eigenvalue weighted by atomic mass is 10.1. The normalized spacial score (nSPS) is 10.7. The van der Waals surface area contributed by atoms with E-state index in [9.17, 15) is 4.39 Å². The molecule has 0 bridgehead atoms. The third kappa shape index (κ3) is 3.43. The van der Waals surface area contributed by atoms with Crippen LogP contribution in [0.5, 0.6) is 0 Å². The van der Waals surface area contributed by atoms with Gasteiger partial charge in [-0.05, 0) is 38.2 Å². The number of halogens is 1. The molecule has 0 amide bonds. The van der Waals surface area contributed by atoms with Crippen molar-refractivity contribution in [1.82, 2.24) is 4.90 Å². The maximum Gasteiger partial charge on any atom is 0.129 e. The van der Waals surface area contributed by atoms with Gasteiger partial charge in [0.2, 0.25) is 0 Å². The molecular weight excluding hydrogens is 243 g/mol. The Morgan fingerprint density at radius 3 is 2.63 bits per heavy atom. The molecule has 4 heteroatoms. The molecule has 3 nitrogen and oxygen atoms in total. The van der Waals surface area contributed by atoms with E-state index in [-0.39, 0.29) is 5.82 Å². The lowest BCUT2D eigenvalue weighted by Crippen LogP contribution is -2.17. The second kappa shape index (κ2) is 5.68. The molecule has 0 radical (unpaired) electrons. The van der Waals surface area contributed by atoms with Crippen molar-refractivity contribution in [3.05, 3.63) is 58.8 Å². The summed E-state index contributed by atoms with van der Waals surface area (Å²) in [5.74, 6) is 1.38. The van der Waals surface area contributed by atoms with Crippen LogP contribution in [0.2, 0.25) is 0 Å². The molecule has 1 heterocycles. The summed E-state index contributed by atoms with van der Waals surface area (Å²) in [5, 5.41) is 8.69. The van der Waals surface area contributed by atoms with Crippen molar-refractivity contribution in [3.8, 4) is 6.07 Å². The van der Waals surface area contributed by atoms with E-state index in [1.807, 2.05) is 37.1 Å². The fourth-order valence-electron chi connectivity index (χ4n) is 1.93. The first-order valence-electron chi connectivity index (χ1n) is 6.01. The molecule has 2 rings (SSSR count). The van der Waals surface area contributed by atoms with E-state index >= 15 is 0 Å². The summed E-state index contributed by atoms with van der Waals surface area (Å²) in [7, 11) is 1.90. The first-order valence-corrected chi connectivity index (χ1v) is 6.01. The van der Waals surface area contributed by atoms with Crippen molar-refractivity contribution < 1.29 is 8.81 Å². The Kier molecular flexibility index (Phi) is 3.98. The maximum atomic E-state index is 13.7. The third-order valence-electron chi connectivity index (χ3n) is 2.84. The molecule has 0 unspecified atom stereocenters. The second-order valence-electron chi connectivity index (χ2n) is 4.60. The average molecular weight is 258 g/mol. The van der Waals surface area contributed by atoms with Crippen molar-refractivity contribution in [2.75, 3.05) is 7.05 Å².